The van der Waals surface area contributed by atoms with Gasteiger partial charge in [-0.2, -0.15) is 0 Å². The number of nitrogens with one attached hydrogen (secondary N) is 1. The number of halogens is 1. The number of aryl methyl sites for hydroxylation is 1. The summed E-state index contributed by atoms with van der Waals surface area (Å²) in [6.07, 6.45) is 1.78. The number of oxazole rings is 1. The maximum atomic E-state index is 5.80. The van der Waals surface area contributed by atoms with Gasteiger partial charge in [0.05, 0.1) is 12.7 Å². The summed E-state index contributed by atoms with van der Waals surface area (Å²) in [4.78, 5) is 4.32. The molecule has 0 amide bonds. The molecule has 0 spiro atoms. The van der Waals surface area contributed by atoms with Crippen LogP contribution in [0.25, 0.3) is 11.3 Å². The summed E-state index contributed by atoms with van der Waals surface area (Å²) in [6, 6.07) is 6.11. The number of benzene rings is 1. The summed E-state index contributed by atoms with van der Waals surface area (Å²) in [7, 11) is 0. The van der Waals surface area contributed by atoms with Crippen molar-refractivity contribution in [3.8, 4) is 11.3 Å². The lowest BCUT2D eigenvalue weighted by atomic mass is 10.1. The molecule has 0 fully saturated rings. The van der Waals surface area contributed by atoms with E-state index in [0.717, 1.165) is 15.8 Å². The molecule has 0 saturated heterocycles. The molecule has 1 N–H and O–H groups in total. The summed E-state index contributed by atoms with van der Waals surface area (Å²) in [6.45, 7) is 9.05. The third-order valence-electron chi connectivity index (χ3n) is 2.78. The first kappa shape index (κ1) is 14.3. The third-order valence-corrected chi connectivity index (χ3v) is 3.83. The van der Waals surface area contributed by atoms with Crippen LogP contribution < -0.4 is 5.32 Å². The summed E-state index contributed by atoms with van der Waals surface area (Å²) in [5, 5.41) is 3.36. The largest absolute Gasteiger partial charge is 0.439 e. The molecule has 1 aromatic heterocycles. The highest BCUT2D eigenvalue weighted by molar-refractivity contribution is 9.10. The van der Waals surface area contributed by atoms with Crippen LogP contribution in [0.5, 0.6) is 0 Å². The molecule has 2 aromatic rings. The van der Waals surface area contributed by atoms with E-state index in [4.69, 9.17) is 4.42 Å². The quantitative estimate of drug-likeness (QED) is 0.915. The maximum Gasteiger partial charge on any atom is 0.208 e. The molecular formula is C15H19BrN2O. The molecule has 2 rings (SSSR count). The van der Waals surface area contributed by atoms with Gasteiger partial charge in [-0.1, -0.05) is 18.2 Å². The van der Waals surface area contributed by atoms with Crippen molar-refractivity contribution in [2.75, 3.05) is 0 Å². The number of hydrogen-bond acceptors (Lipinski definition) is 3. The van der Waals surface area contributed by atoms with E-state index in [1.165, 1.54) is 5.56 Å². The Labute approximate surface area is 122 Å². The van der Waals surface area contributed by atoms with Gasteiger partial charge in [0.1, 0.15) is 0 Å². The minimum atomic E-state index is 0.0541. The van der Waals surface area contributed by atoms with E-state index in [-0.39, 0.29) is 5.54 Å². The van der Waals surface area contributed by atoms with Crippen LogP contribution in [0.2, 0.25) is 0 Å². The number of rotatable bonds is 3. The minimum absolute atomic E-state index is 0.0541. The molecule has 4 heteroatoms. The SMILES string of the molecule is Cc1cccc(-c2cnc(CNC(C)(C)C)o2)c1Br. The smallest absolute Gasteiger partial charge is 0.208 e. The van der Waals surface area contributed by atoms with Crippen LogP contribution in [0.15, 0.2) is 33.3 Å². The summed E-state index contributed by atoms with van der Waals surface area (Å²) in [5.41, 5.74) is 2.27. The number of aromatic nitrogens is 1. The average Bonchev–Trinajstić information content (AvgIpc) is 2.78. The molecule has 0 aliphatic carbocycles. The lowest BCUT2D eigenvalue weighted by molar-refractivity contribution is 0.383. The average molecular weight is 323 g/mol. The van der Waals surface area contributed by atoms with Crippen LogP contribution in [0.4, 0.5) is 0 Å². The van der Waals surface area contributed by atoms with Gasteiger partial charge in [0.15, 0.2) is 5.76 Å². The molecule has 0 saturated carbocycles. The molecule has 0 aliphatic rings. The topological polar surface area (TPSA) is 38.1 Å². The molecule has 102 valence electrons. The number of nitrogens with zero attached hydrogens (tertiary/aromatic N) is 1. The van der Waals surface area contributed by atoms with E-state index in [1.807, 2.05) is 12.1 Å². The van der Waals surface area contributed by atoms with E-state index in [2.05, 4.69) is 60.0 Å². The van der Waals surface area contributed by atoms with E-state index in [0.29, 0.717) is 12.4 Å². The van der Waals surface area contributed by atoms with Crippen molar-refractivity contribution < 1.29 is 4.42 Å². The Kier molecular flexibility index (Phi) is 4.11. The Morgan fingerprint density at radius 2 is 2.05 bits per heavy atom. The number of hydrogen-bond donors (Lipinski definition) is 1. The molecule has 1 heterocycles. The van der Waals surface area contributed by atoms with Crippen LogP contribution in [0, 0.1) is 6.92 Å². The van der Waals surface area contributed by atoms with Crippen LogP contribution in [-0.2, 0) is 6.54 Å². The monoisotopic (exact) mass is 322 g/mol. The first-order valence-electron chi connectivity index (χ1n) is 6.32. The van der Waals surface area contributed by atoms with E-state index < -0.39 is 0 Å². The molecule has 0 bridgehead atoms. The van der Waals surface area contributed by atoms with Gasteiger partial charge in [-0.3, -0.25) is 0 Å². The van der Waals surface area contributed by atoms with Gasteiger partial charge < -0.3 is 9.73 Å². The van der Waals surface area contributed by atoms with Crippen LogP contribution in [0.3, 0.4) is 0 Å². The Morgan fingerprint density at radius 1 is 1.32 bits per heavy atom. The molecule has 19 heavy (non-hydrogen) atoms. The van der Waals surface area contributed by atoms with Crippen LogP contribution in [0.1, 0.15) is 32.2 Å². The highest BCUT2D eigenvalue weighted by Crippen LogP contribution is 2.31. The normalized spacial score (nSPS) is 11.8. The van der Waals surface area contributed by atoms with Crippen molar-refractivity contribution in [2.24, 2.45) is 0 Å². The van der Waals surface area contributed by atoms with Crippen molar-refractivity contribution in [3.05, 3.63) is 40.3 Å². The first-order chi connectivity index (χ1) is 8.87. The predicted octanol–water partition coefficient (Wildman–Crippen LogP) is 4.30. The third kappa shape index (κ3) is 3.67. The van der Waals surface area contributed by atoms with Crippen molar-refractivity contribution >= 4 is 15.9 Å². The molecule has 1 aromatic carbocycles. The van der Waals surface area contributed by atoms with Gasteiger partial charge in [0, 0.05) is 15.6 Å². The minimum Gasteiger partial charge on any atom is -0.439 e. The second-order valence-corrected chi connectivity index (χ2v) is 6.45. The lowest BCUT2D eigenvalue weighted by Crippen LogP contribution is -2.35. The molecule has 0 aliphatic heterocycles. The first-order valence-corrected chi connectivity index (χ1v) is 7.11. The Bertz CT molecular complexity index is 570. The van der Waals surface area contributed by atoms with Crippen molar-refractivity contribution in [2.45, 2.75) is 39.8 Å². The van der Waals surface area contributed by atoms with Gasteiger partial charge in [-0.05, 0) is 49.2 Å². The summed E-state index contributed by atoms with van der Waals surface area (Å²) in [5.74, 6) is 1.50. The van der Waals surface area contributed by atoms with Crippen molar-refractivity contribution in [1.82, 2.24) is 10.3 Å². The van der Waals surface area contributed by atoms with Crippen molar-refractivity contribution in [3.63, 3.8) is 0 Å². The zero-order chi connectivity index (χ0) is 14.0. The van der Waals surface area contributed by atoms with Crippen LogP contribution in [-0.4, -0.2) is 10.5 Å². The van der Waals surface area contributed by atoms with Gasteiger partial charge >= 0.3 is 0 Å². The van der Waals surface area contributed by atoms with Gasteiger partial charge in [0.25, 0.3) is 0 Å². The zero-order valence-corrected chi connectivity index (χ0v) is 13.3. The van der Waals surface area contributed by atoms with Crippen LogP contribution >= 0.6 is 15.9 Å². The molecule has 0 radical (unpaired) electrons. The second-order valence-electron chi connectivity index (χ2n) is 5.66. The second kappa shape index (κ2) is 5.47. The fourth-order valence-corrected chi connectivity index (χ4v) is 2.15. The van der Waals surface area contributed by atoms with E-state index >= 15 is 0 Å². The van der Waals surface area contributed by atoms with Gasteiger partial charge in [-0.25, -0.2) is 4.98 Å². The summed E-state index contributed by atoms with van der Waals surface area (Å²) >= 11 is 3.59. The fourth-order valence-electron chi connectivity index (χ4n) is 1.70. The Morgan fingerprint density at radius 3 is 2.74 bits per heavy atom. The van der Waals surface area contributed by atoms with E-state index in [1.54, 1.807) is 6.20 Å². The highest BCUT2D eigenvalue weighted by atomic mass is 79.9. The highest BCUT2D eigenvalue weighted by Gasteiger charge is 2.13. The molecule has 0 unspecified atom stereocenters. The van der Waals surface area contributed by atoms with Gasteiger partial charge in [0.2, 0.25) is 5.89 Å². The molecular weight excluding hydrogens is 304 g/mol. The van der Waals surface area contributed by atoms with E-state index in [9.17, 15) is 0 Å². The fraction of sp³-hybridized carbons (Fsp3) is 0.400. The molecule has 0 atom stereocenters. The maximum absolute atomic E-state index is 5.80. The zero-order valence-electron chi connectivity index (χ0n) is 11.7. The molecule has 3 nitrogen and oxygen atoms in total. The van der Waals surface area contributed by atoms with Gasteiger partial charge in [-0.15, -0.1) is 0 Å². The Hall–Kier alpha value is -1.13. The predicted molar refractivity (Wildman–Crippen MR) is 81.0 cm³/mol. The Balaban J connectivity index is 2.19. The lowest BCUT2D eigenvalue weighted by Gasteiger charge is -2.18. The van der Waals surface area contributed by atoms with Crippen molar-refractivity contribution in [1.29, 1.82) is 0 Å². The standard InChI is InChI=1S/C15H19BrN2O/c1-10-6-5-7-11(14(10)16)12-8-17-13(19-12)9-18-15(2,3)4/h5-8,18H,9H2,1-4H3. The summed E-state index contributed by atoms with van der Waals surface area (Å²) < 4.78 is 6.85.